The maximum Gasteiger partial charge on any atom is 0.317 e. The minimum atomic E-state index is -0.616. The number of urea groups is 1. The first-order chi connectivity index (χ1) is 12.4. The maximum absolute atomic E-state index is 13.7. The molecule has 0 aromatic heterocycles. The van der Waals surface area contributed by atoms with Crippen molar-refractivity contribution in [3.63, 3.8) is 0 Å². The number of ether oxygens (including phenoxy) is 1. The number of benzene rings is 2. The maximum atomic E-state index is 13.7. The Labute approximate surface area is 156 Å². The number of hydrogen-bond acceptors (Lipinski definition) is 2. The van der Waals surface area contributed by atoms with E-state index in [9.17, 15) is 13.6 Å². The second-order valence-corrected chi connectivity index (χ2v) is 6.42. The first-order valence-corrected chi connectivity index (χ1v) is 8.57. The van der Waals surface area contributed by atoms with Crippen LogP contribution in [0.4, 0.5) is 13.6 Å². The Morgan fingerprint density at radius 2 is 1.88 bits per heavy atom. The number of rotatable bonds is 7. The van der Waals surface area contributed by atoms with E-state index in [1.807, 2.05) is 0 Å². The average Bonchev–Trinajstić information content (AvgIpc) is 2.58. The summed E-state index contributed by atoms with van der Waals surface area (Å²) in [4.78, 5) is 13.6. The van der Waals surface area contributed by atoms with Gasteiger partial charge in [-0.1, -0.05) is 23.7 Å². The lowest BCUT2D eigenvalue weighted by atomic mass is 10.1. The summed E-state index contributed by atoms with van der Waals surface area (Å²) < 4.78 is 32.9. The summed E-state index contributed by atoms with van der Waals surface area (Å²) in [6.45, 7) is 2.33. The first kappa shape index (κ1) is 20.0. The Hall–Kier alpha value is -2.34. The van der Waals surface area contributed by atoms with Gasteiger partial charge in [0.25, 0.3) is 0 Å². The monoisotopic (exact) mass is 382 g/mol. The van der Waals surface area contributed by atoms with Gasteiger partial charge in [-0.25, -0.2) is 13.6 Å². The lowest BCUT2D eigenvalue weighted by Gasteiger charge is -2.22. The summed E-state index contributed by atoms with van der Waals surface area (Å²) in [5.41, 5.74) is -0.0350. The quantitative estimate of drug-likeness (QED) is 0.777. The topological polar surface area (TPSA) is 41.6 Å². The van der Waals surface area contributed by atoms with E-state index in [1.165, 1.54) is 23.1 Å². The lowest BCUT2D eigenvalue weighted by molar-refractivity contribution is 0.192. The van der Waals surface area contributed by atoms with Crippen molar-refractivity contribution in [2.75, 3.05) is 20.2 Å². The molecule has 0 aliphatic carbocycles. The zero-order valence-electron chi connectivity index (χ0n) is 14.6. The summed E-state index contributed by atoms with van der Waals surface area (Å²) in [6.07, 6.45) is 0.0666. The van der Waals surface area contributed by atoms with Crippen LogP contribution in [0.3, 0.4) is 0 Å². The number of likely N-dealkylation sites (N-methyl/N-ethyl adjacent to an activating group) is 1. The molecule has 0 fully saturated rings. The molecule has 4 nitrogen and oxygen atoms in total. The average molecular weight is 383 g/mol. The number of nitrogens with one attached hydrogen (secondary N) is 1. The van der Waals surface area contributed by atoms with E-state index < -0.39 is 17.7 Å². The van der Waals surface area contributed by atoms with Crippen LogP contribution in [0.25, 0.3) is 0 Å². The Morgan fingerprint density at radius 3 is 2.54 bits per heavy atom. The summed E-state index contributed by atoms with van der Waals surface area (Å²) >= 11 is 5.87. The van der Waals surface area contributed by atoms with Crippen LogP contribution >= 0.6 is 11.6 Å². The molecule has 140 valence electrons. The Bertz CT molecular complexity index is 738. The van der Waals surface area contributed by atoms with Gasteiger partial charge in [0.2, 0.25) is 0 Å². The molecule has 1 atom stereocenters. The van der Waals surface area contributed by atoms with Gasteiger partial charge in [0.1, 0.15) is 24.0 Å². The molecule has 0 aliphatic heterocycles. The van der Waals surface area contributed by atoms with Crippen LogP contribution in [0.15, 0.2) is 42.5 Å². The van der Waals surface area contributed by atoms with Gasteiger partial charge in [-0.3, -0.25) is 0 Å². The van der Waals surface area contributed by atoms with Gasteiger partial charge in [0.15, 0.2) is 0 Å². The highest BCUT2D eigenvalue weighted by molar-refractivity contribution is 6.30. The van der Waals surface area contributed by atoms with Crippen molar-refractivity contribution in [1.82, 2.24) is 10.2 Å². The molecular weight excluding hydrogens is 362 g/mol. The van der Waals surface area contributed by atoms with Crippen LogP contribution in [0.1, 0.15) is 12.5 Å². The van der Waals surface area contributed by atoms with Gasteiger partial charge in [-0.2, -0.15) is 0 Å². The predicted octanol–water partition coefficient (Wildman–Crippen LogP) is 4.27. The molecule has 2 rings (SSSR count). The molecule has 1 N–H and O–H groups in total. The van der Waals surface area contributed by atoms with Gasteiger partial charge in [0, 0.05) is 23.7 Å². The zero-order chi connectivity index (χ0) is 19.1. The number of amides is 2. The van der Waals surface area contributed by atoms with E-state index in [1.54, 1.807) is 38.2 Å². The van der Waals surface area contributed by atoms with E-state index in [0.29, 0.717) is 23.9 Å². The van der Waals surface area contributed by atoms with Crippen LogP contribution in [-0.4, -0.2) is 37.2 Å². The molecule has 2 amide bonds. The van der Waals surface area contributed by atoms with Crippen molar-refractivity contribution >= 4 is 17.6 Å². The molecule has 0 saturated carbocycles. The molecular formula is C19H21ClF2N2O2. The fraction of sp³-hybridized carbons (Fsp3) is 0.316. The number of halogens is 3. The number of carbonyl (C=O) groups is 1. The zero-order valence-corrected chi connectivity index (χ0v) is 15.4. The second kappa shape index (κ2) is 9.38. The molecule has 7 heteroatoms. The largest absolute Gasteiger partial charge is 0.492 e. The smallest absolute Gasteiger partial charge is 0.317 e. The lowest BCUT2D eigenvalue weighted by Crippen LogP contribution is -2.44. The fourth-order valence-corrected chi connectivity index (χ4v) is 2.54. The molecule has 0 bridgehead atoms. The van der Waals surface area contributed by atoms with Crippen LogP contribution in [-0.2, 0) is 6.42 Å². The molecule has 0 heterocycles. The highest BCUT2D eigenvalue weighted by Crippen LogP contribution is 2.17. The van der Waals surface area contributed by atoms with E-state index >= 15 is 0 Å². The van der Waals surface area contributed by atoms with Gasteiger partial charge in [-0.15, -0.1) is 0 Å². The highest BCUT2D eigenvalue weighted by Gasteiger charge is 2.16. The third kappa shape index (κ3) is 5.88. The Kier molecular flexibility index (Phi) is 7.21. The minimum Gasteiger partial charge on any atom is -0.492 e. The van der Waals surface area contributed by atoms with E-state index in [4.69, 9.17) is 16.3 Å². The standard InChI is InChI=1S/C19H21ClF2N2O2/c1-13(11-16-17(21)7-4-8-18(16)22)23-19(25)24(2)9-10-26-15-6-3-5-14(20)12-15/h3-8,12-13H,9-11H2,1-2H3,(H,23,25). The van der Waals surface area contributed by atoms with Crippen molar-refractivity contribution in [2.24, 2.45) is 0 Å². The number of nitrogens with zero attached hydrogens (tertiary/aromatic N) is 1. The van der Waals surface area contributed by atoms with Crippen LogP contribution in [0.5, 0.6) is 5.75 Å². The molecule has 26 heavy (non-hydrogen) atoms. The summed E-state index contributed by atoms with van der Waals surface area (Å²) in [5.74, 6) is -0.613. The predicted molar refractivity (Wildman–Crippen MR) is 97.6 cm³/mol. The molecule has 1 unspecified atom stereocenters. The van der Waals surface area contributed by atoms with Crippen molar-refractivity contribution in [3.8, 4) is 5.75 Å². The van der Waals surface area contributed by atoms with Crippen molar-refractivity contribution < 1.29 is 18.3 Å². The molecule has 0 aliphatic rings. The molecule has 0 radical (unpaired) electrons. The van der Waals surface area contributed by atoms with Crippen LogP contribution in [0.2, 0.25) is 5.02 Å². The Morgan fingerprint density at radius 1 is 1.23 bits per heavy atom. The van der Waals surface area contributed by atoms with E-state index in [0.717, 1.165) is 0 Å². The third-order valence-corrected chi connectivity index (χ3v) is 4.02. The molecule has 2 aromatic rings. The fourth-order valence-electron chi connectivity index (χ4n) is 2.36. The number of carbonyl (C=O) groups excluding carboxylic acids is 1. The van der Waals surface area contributed by atoms with E-state index in [-0.39, 0.29) is 18.0 Å². The molecule has 0 spiro atoms. The highest BCUT2D eigenvalue weighted by atomic mass is 35.5. The van der Waals surface area contributed by atoms with Gasteiger partial charge >= 0.3 is 6.03 Å². The van der Waals surface area contributed by atoms with Crippen LogP contribution < -0.4 is 10.1 Å². The van der Waals surface area contributed by atoms with Crippen molar-refractivity contribution in [3.05, 3.63) is 64.7 Å². The van der Waals surface area contributed by atoms with Gasteiger partial charge < -0.3 is 15.0 Å². The van der Waals surface area contributed by atoms with Crippen molar-refractivity contribution in [1.29, 1.82) is 0 Å². The minimum absolute atomic E-state index is 0.0350. The molecule has 0 saturated heterocycles. The second-order valence-electron chi connectivity index (χ2n) is 5.98. The summed E-state index contributed by atoms with van der Waals surface area (Å²) in [6, 6.07) is 9.92. The SMILES string of the molecule is CC(Cc1c(F)cccc1F)NC(=O)N(C)CCOc1cccc(Cl)c1. The van der Waals surface area contributed by atoms with Gasteiger partial charge in [0.05, 0.1) is 6.54 Å². The molecule has 2 aromatic carbocycles. The van der Waals surface area contributed by atoms with Crippen molar-refractivity contribution in [2.45, 2.75) is 19.4 Å². The summed E-state index contributed by atoms with van der Waals surface area (Å²) in [5, 5.41) is 3.29. The Balaban J connectivity index is 1.79. The third-order valence-electron chi connectivity index (χ3n) is 3.78. The van der Waals surface area contributed by atoms with Gasteiger partial charge in [-0.05, 0) is 43.7 Å². The van der Waals surface area contributed by atoms with E-state index in [2.05, 4.69) is 5.32 Å². The normalized spacial score (nSPS) is 11.7. The van der Waals surface area contributed by atoms with Crippen LogP contribution in [0, 0.1) is 11.6 Å². The first-order valence-electron chi connectivity index (χ1n) is 8.19. The summed E-state index contributed by atoms with van der Waals surface area (Å²) in [7, 11) is 1.62. The number of hydrogen-bond donors (Lipinski definition) is 1.